The van der Waals surface area contributed by atoms with E-state index in [2.05, 4.69) is 91.9 Å². The van der Waals surface area contributed by atoms with Gasteiger partial charge in [-0.15, -0.1) is 0 Å². The highest BCUT2D eigenvalue weighted by molar-refractivity contribution is 5.70. The molecule has 0 saturated carbocycles. The molecular weight excluding hydrogens is 314 g/mol. The van der Waals surface area contributed by atoms with E-state index in [9.17, 15) is 0 Å². The zero-order chi connectivity index (χ0) is 17.8. The molecular formula is C25H21N. The first kappa shape index (κ1) is 16.3. The van der Waals surface area contributed by atoms with Crippen molar-refractivity contribution in [2.75, 3.05) is 0 Å². The molecule has 0 atom stereocenters. The van der Waals surface area contributed by atoms with Gasteiger partial charge in [-0.2, -0.15) is 0 Å². The first-order chi connectivity index (χ1) is 12.8. The third-order valence-electron chi connectivity index (χ3n) is 4.73. The fourth-order valence-corrected chi connectivity index (χ4v) is 3.30. The van der Waals surface area contributed by atoms with E-state index in [1.54, 1.807) is 0 Å². The van der Waals surface area contributed by atoms with Crippen molar-refractivity contribution in [3.8, 4) is 22.5 Å². The molecule has 3 aromatic carbocycles. The number of benzene rings is 3. The van der Waals surface area contributed by atoms with E-state index in [-0.39, 0.29) is 0 Å². The molecule has 1 heteroatoms. The molecule has 0 saturated heterocycles. The molecule has 26 heavy (non-hydrogen) atoms. The average molecular weight is 335 g/mol. The fourth-order valence-electron chi connectivity index (χ4n) is 3.30. The molecule has 4 aromatic rings. The Bertz CT molecular complexity index is 990. The maximum atomic E-state index is 5.02. The molecule has 0 N–H and O–H groups in total. The summed E-state index contributed by atoms with van der Waals surface area (Å²) in [6.07, 6.45) is 0.912. The summed E-state index contributed by atoms with van der Waals surface area (Å²) < 4.78 is 0. The highest BCUT2D eigenvalue weighted by atomic mass is 14.7. The van der Waals surface area contributed by atoms with Crippen molar-refractivity contribution < 1.29 is 0 Å². The van der Waals surface area contributed by atoms with E-state index in [1.807, 2.05) is 12.1 Å². The lowest BCUT2D eigenvalue weighted by molar-refractivity contribution is 1.12. The maximum Gasteiger partial charge on any atom is 0.0741 e. The van der Waals surface area contributed by atoms with Crippen molar-refractivity contribution in [1.29, 1.82) is 0 Å². The molecule has 126 valence electrons. The summed E-state index contributed by atoms with van der Waals surface area (Å²) in [5, 5.41) is 0. The Morgan fingerprint density at radius 1 is 0.654 bits per heavy atom. The van der Waals surface area contributed by atoms with Gasteiger partial charge in [-0.3, -0.25) is 0 Å². The lowest BCUT2D eigenvalue weighted by Gasteiger charge is -2.14. The third-order valence-corrected chi connectivity index (χ3v) is 4.73. The van der Waals surface area contributed by atoms with E-state index >= 15 is 0 Å². The van der Waals surface area contributed by atoms with Gasteiger partial charge in [0.05, 0.1) is 11.4 Å². The Morgan fingerprint density at radius 3 is 1.81 bits per heavy atom. The van der Waals surface area contributed by atoms with E-state index in [1.165, 1.54) is 16.7 Å². The van der Waals surface area contributed by atoms with Crippen molar-refractivity contribution in [2.24, 2.45) is 0 Å². The molecule has 0 amide bonds. The van der Waals surface area contributed by atoms with E-state index in [4.69, 9.17) is 4.98 Å². The normalized spacial score (nSPS) is 10.7. The second-order valence-electron chi connectivity index (χ2n) is 6.53. The summed E-state index contributed by atoms with van der Waals surface area (Å²) in [5.74, 6) is 0. The molecule has 0 spiro atoms. The van der Waals surface area contributed by atoms with Crippen LogP contribution in [0.4, 0.5) is 0 Å². The first-order valence-corrected chi connectivity index (χ1v) is 8.96. The van der Waals surface area contributed by atoms with Crippen LogP contribution in [0.5, 0.6) is 0 Å². The van der Waals surface area contributed by atoms with Gasteiger partial charge in [0.25, 0.3) is 0 Å². The summed E-state index contributed by atoms with van der Waals surface area (Å²) in [4.78, 5) is 5.02. The molecule has 4 rings (SSSR count). The molecule has 0 bridgehead atoms. The van der Waals surface area contributed by atoms with Crippen LogP contribution >= 0.6 is 0 Å². The highest BCUT2D eigenvalue weighted by Gasteiger charge is 2.12. The van der Waals surface area contributed by atoms with Crippen LogP contribution in [0, 0.1) is 6.92 Å². The average Bonchev–Trinajstić information content (AvgIpc) is 2.71. The van der Waals surface area contributed by atoms with Crippen molar-refractivity contribution >= 4 is 0 Å². The molecule has 0 fully saturated rings. The van der Waals surface area contributed by atoms with Gasteiger partial charge in [0.15, 0.2) is 0 Å². The molecule has 0 aliphatic carbocycles. The number of nitrogens with zero attached hydrogens (tertiary/aromatic N) is 1. The summed E-state index contributed by atoms with van der Waals surface area (Å²) >= 11 is 0. The zero-order valence-corrected chi connectivity index (χ0v) is 14.9. The monoisotopic (exact) mass is 335 g/mol. The van der Waals surface area contributed by atoms with Crippen molar-refractivity contribution in [1.82, 2.24) is 4.98 Å². The number of rotatable bonds is 4. The number of aromatic nitrogens is 1. The van der Waals surface area contributed by atoms with Gasteiger partial charge in [0.1, 0.15) is 0 Å². The summed E-state index contributed by atoms with van der Waals surface area (Å²) in [7, 11) is 0. The molecule has 0 unspecified atom stereocenters. The van der Waals surface area contributed by atoms with Crippen LogP contribution in [-0.2, 0) is 6.42 Å². The standard InChI is InChI=1S/C25H21N/c1-19-23(17-20-11-5-2-6-12-20)18-24(21-13-7-3-8-14-21)26-25(19)22-15-9-4-10-16-22/h2-16,18H,17H2,1H3. The quantitative estimate of drug-likeness (QED) is 0.425. The lowest BCUT2D eigenvalue weighted by atomic mass is 9.95. The van der Waals surface area contributed by atoms with E-state index in [0.717, 1.165) is 28.9 Å². The summed E-state index contributed by atoms with van der Waals surface area (Å²) in [6, 6.07) is 33.8. The first-order valence-electron chi connectivity index (χ1n) is 8.96. The van der Waals surface area contributed by atoms with Gasteiger partial charge in [-0.25, -0.2) is 4.98 Å². The van der Waals surface area contributed by atoms with E-state index in [0.29, 0.717) is 0 Å². The van der Waals surface area contributed by atoms with Crippen LogP contribution in [0.2, 0.25) is 0 Å². The minimum Gasteiger partial charge on any atom is -0.247 e. The molecule has 0 aliphatic heterocycles. The number of hydrogen-bond donors (Lipinski definition) is 0. The van der Waals surface area contributed by atoms with Gasteiger partial charge in [-0.1, -0.05) is 91.0 Å². The zero-order valence-electron chi connectivity index (χ0n) is 14.9. The van der Waals surface area contributed by atoms with Gasteiger partial charge in [-0.05, 0) is 36.1 Å². The van der Waals surface area contributed by atoms with Crippen LogP contribution in [0.15, 0.2) is 97.1 Å². The predicted molar refractivity (Wildman–Crippen MR) is 109 cm³/mol. The summed E-state index contributed by atoms with van der Waals surface area (Å²) in [5.41, 5.74) is 8.30. The number of hydrogen-bond acceptors (Lipinski definition) is 1. The van der Waals surface area contributed by atoms with Gasteiger partial charge >= 0.3 is 0 Å². The van der Waals surface area contributed by atoms with Crippen LogP contribution < -0.4 is 0 Å². The molecule has 1 heterocycles. The van der Waals surface area contributed by atoms with E-state index < -0.39 is 0 Å². The van der Waals surface area contributed by atoms with Crippen molar-refractivity contribution in [3.05, 3.63) is 114 Å². The van der Waals surface area contributed by atoms with Gasteiger partial charge in [0, 0.05) is 11.1 Å². The van der Waals surface area contributed by atoms with Gasteiger partial charge in [0.2, 0.25) is 0 Å². The van der Waals surface area contributed by atoms with Crippen LogP contribution in [0.1, 0.15) is 16.7 Å². The van der Waals surface area contributed by atoms with Crippen LogP contribution in [-0.4, -0.2) is 4.98 Å². The second-order valence-corrected chi connectivity index (χ2v) is 6.53. The van der Waals surface area contributed by atoms with Crippen LogP contribution in [0.3, 0.4) is 0 Å². The maximum absolute atomic E-state index is 5.02. The van der Waals surface area contributed by atoms with Gasteiger partial charge < -0.3 is 0 Å². The topological polar surface area (TPSA) is 12.9 Å². The lowest BCUT2D eigenvalue weighted by Crippen LogP contribution is -1.99. The predicted octanol–water partition coefficient (Wildman–Crippen LogP) is 6.31. The fraction of sp³-hybridized carbons (Fsp3) is 0.0800. The summed E-state index contributed by atoms with van der Waals surface area (Å²) in [6.45, 7) is 2.18. The van der Waals surface area contributed by atoms with Crippen molar-refractivity contribution in [3.63, 3.8) is 0 Å². The Kier molecular flexibility index (Phi) is 4.61. The molecule has 0 aliphatic rings. The minimum absolute atomic E-state index is 0.912. The Balaban J connectivity index is 1.87. The molecule has 1 aromatic heterocycles. The highest BCUT2D eigenvalue weighted by Crippen LogP contribution is 2.30. The van der Waals surface area contributed by atoms with Crippen LogP contribution in [0.25, 0.3) is 22.5 Å². The Labute approximate surface area is 155 Å². The Morgan fingerprint density at radius 2 is 1.19 bits per heavy atom. The Hall–Kier alpha value is -3.19. The smallest absolute Gasteiger partial charge is 0.0741 e. The number of pyridine rings is 1. The van der Waals surface area contributed by atoms with Crippen molar-refractivity contribution in [2.45, 2.75) is 13.3 Å². The third kappa shape index (κ3) is 3.43. The SMILES string of the molecule is Cc1c(Cc2ccccc2)cc(-c2ccccc2)nc1-c1ccccc1. The molecule has 1 nitrogen and oxygen atoms in total. The second kappa shape index (κ2) is 7.37. The largest absolute Gasteiger partial charge is 0.247 e. The minimum atomic E-state index is 0.912. The molecule has 0 radical (unpaired) electrons.